The first-order chi connectivity index (χ1) is 5.57. The minimum atomic E-state index is -0.395. The summed E-state index contributed by atoms with van der Waals surface area (Å²) in [6, 6.07) is 1.80. The molecule has 0 saturated heterocycles. The van der Waals surface area contributed by atoms with Gasteiger partial charge in [0.2, 0.25) is 5.43 Å². The van der Waals surface area contributed by atoms with Crippen molar-refractivity contribution in [3.8, 4) is 6.07 Å². The highest BCUT2D eigenvalue weighted by atomic mass is 35.5. The Balaban J connectivity index is 3.66. The van der Waals surface area contributed by atoms with Crippen LogP contribution in [-0.2, 0) is 0 Å². The van der Waals surface area contributed by atoms with E-state index in [9.17, 15) is 4.79 Å². The van der Waals surface area contributed by atoms with Gasteiger partial charge in [0.1, 0.15) is 16.7 Å². The monoisotopic (exact) mass is 182 g/mol. The summed E-state index contributed by atoms with van der Waals surface area (Å²) in [5.41, 5.74) is 0.848. The zero-order valence-electron chi connectivity index (χ0n) is 6.73. The quantitative estimate of drug-likeness (QED) is 0.662. The number of halogens is 1. The molecule has 0 aliphatic heterocycles. The van der Waals surface area contributed by atoms with Gasteiger partial charge in [-0.05, 0) is 13.8 Å². The molecule has 0 saturated carbocycles. The van der Waals surface area contributed by atoms with E-state index in [1.165, 1.54) is 0 Å². The molecular weight excluding hydrogens is 176 g/mol. The lowest BCUT2D eigenvalue weighted by atomic mass is 10.2. The van der Waals surface area contributed by atoms with Crippen LogP contribution < -0.4 is 5.43 Å². The number of hydrogen-bond acceptors (Lipinski definition) is 2. The minimum absolute atomic E-state index is 0.0885. The van der Waals surface area contributed by atoms with Gasteiger partial charge in [0.25, 0.3) is 0 Å². The van der Waals surface area contributed by atoms with Gasteiger partial charge in [0.15, 0.2) is 0 Å². The van der Waals surface area contributed by atoms with Crippen molar-refractivity contribution in [1.29, 1.82) is 5.26 Å². The summed E-state index contributed by atoms with van der Waals surface area (Å²) in [5.74, 6) is 0. The molecule has 0 radical (unpaired) electrons. The number of aromatic nitrogens is 1. The Morgan fingerprint density at radius 1 is 1.42 bits per heavy atom. The van der Waals surface area contributed by atoms with Crippen molar-refractivity contribution in [2.24, 2.45) is 0 Å². The molecule has 0 unspecified atom stereocenters. The van der Waals surface area contributed by atoms with Crippen LogP contribution in [0.25, 0.3) is 0 Å². The molecule has 1 aromatic heterocycles. The van der Waals surface area contributed by atoms with E-state index in [2.05, 4.69) is 4.98 Å². The van der Waals surface area contributed by atoms with E-state index in [-0.39, 0.29) is 10.6 Å². The summed E-state index contributed by atoms with van der Waals surface area (Å²) < 4.78 is 0. The Morgan fingerprint density at radius 3 is 2.50 bits per heavy atom. The Labute approximate surface area is 74.6 Å². The van der Waals surface area contributed by atoms with Crippen molar-refractivity contribution >= 4 is 11.6 Å². The number of aryl methyl sites for hydroxylation is 2. The Morgan fingerprint density at radius 2 is 2.00 bits per heavy atom. The van der Waals surface area contributed by atoms with Crippen LogP contribution in [0.2, 0.25) is 5.02 Å². The normalized spacial score (nSPS) is 9.50. The van der Waals surface area contributed by atoms with Gasteiger partial charge in [-0.2, -0.15) is 5.26 Å². The lowest BCUT2D eigenvalue weighted by molar-refractivity contribution is 1.09. The third-order valence-corrected chi connectivity index (χ3v) is 2.07. The van der Waals surface area contributed by atoms with Crippen molar-refractivity contribution in [3.63, 3.8) is 0 Å². The number of nitrogens with zero attached hydrogens (tertiary/aromatic N) is 1. The van der Waals surface area contributed by atoms with Crippen LogP contribution >= 0.6 is 11.6 Å². The third kappa shape index (κ3) is 1.21. The van der Waals surface area contributed by atoms with E-state index in [0.717, 1.165) is 0 Å². The van der Waals surface area contributed by atoms with E-state index in [4.69, 9.17) is 16.9 Å². The number of hydrogen-bond donors (Lipinski definition) is 1. The zero-order chi connectivity index (χ0) is 9.30. The van der Waals surface area contributed by atoms with E-state index >= 15 is 0 Å². The van der Waals surface area contributed by atoms with Crippen molar-refractivity contribution in [2.45, 2.75) is 13.8 Å². The molecule has 1 aromatic rings. The molecule has 12 heavy (non-hydrogen) atoms. The van der Waals surface area contributed by atoms with Gasteiger partial charge in [0.05, 0.1) is 0 Å². The molecule has 0 fully saturated rings. The molecule has 0 aliphatic carbocycles. The molecule has 1 N–H and O–H groups in total. The van der Waals surface area contributed by atoms with Gasteiger partial charge in [-0.1, -0.05) is 11.6 Å². The maximum absolute atomic E-state index is 11.3. The molecule has 3 nitrogen and oxygen atoms in total. The lowest BCUT2D eigenvalue weighted by Gasteiger charge is -2.01. The van der Waals surface area contributed by atoms with Crippen LogP contribution in [-0.4, -0.2) is 4.98 Å². The standard InChI is InChI=1S/C8H7ClN2O/c1-4-6(3-10)8(12)7(9)5(2)11-4/h1-2H3,(H,11,12). The molecule has 1 heterocycles. The molecule has 62 valence electrons. The first-order valence-electron chi connectivity index (χ1n) is 3.37. The third-order valence-electron chi connectivity index (χ3n) is 1.62. The fraction of sp³-hybridized carbons (Fsp3) is 0.250. The van der Waals surface area contributed by atoms with E-state index < -0.39 is 5.43 Å². The van der Waals surface area contributed by atoms with Gasteiger partial charge in [-0.15, -0.1) is 0 Å². The molecule has 0 bridgehead atoms. The van der Waals surface area contributed by atoms with Crippen LogP contribution in [0.3, 0.4) is 0 Å². The second kappa shape index (κ2) is 3.00. The van der Waals surface area contributed by atoms with Gasteiger partial charge in [-0.25, -0.2) is 0 Å². The van der Waals surface area contributed by atoms with Crippen LogP contribution in [0.15, 0.2) is 4.79 Å². The molecule has 0 aliphatic rings. The van der Waals surface area contributed by atoms with Crippen LogP contribution in [0.4, 0.5) is 0 Å². The molecule has 0 atom stereocenters. The van der Waals surface area contributed by atoms with Crippen molar-refractivity contribution < 1.29 is 0 Å². The summed E-state index contributed by atoms with van der Waals surface area (Å²) >= 11 is 5.64. The first-order valence-corrected chi connectivity index (χ1v) is 3.74. The van der Waals surface area contributed by atoms with E-state index in [1.807, 2.05) is 0 Å². The molecule has 4 heteroatoms. The van der Waals surface area contributed by atoms with Gasteiger partial charge >= 0.3 is 0 Å². The number of H-pyrrole nitrogens is 1. The summed E-state index contributed by atoms with van der Waals surface area (Å²) in [6.07, 6.45) is 0. The number of nitrogens with one attached hydrogen (secondary N) is 1. The van der Waals surface area contributed by atoms with Crippen LogP contribution in [0.5, 0.6) is 0 Å². The largest absolute Gasteiger partial charge is 0.360 e. The maximum atomic E-state index is 11.3. The van der Waals surface area contributed by atoms with E-state index in [0.29, 0.717) is 11.4 Å². The Hall–Kier alpha value is -1.27. The van der Waals surface area contributed by atoms with E-state index in [1.54, 1.807) is 19.9 Å². The highest BCUT2D eigenvalue weighted by Gasteiger charge is 2.09. The topological polar surface area (TPSA) is 56.6 Å². The number of aromatic amines is 1. The lowest BCUT2D eigenvalue weighted by Crippen LogP contribution is -2.12. The fourth-order valence-electron chi connectivity index (χ4n) is 0.984. The molecule has 0 amide bonds. The SMILES string of the molecule is Cc1[nH]c(C)c(C#N)c(=O)c1Cl. The number of pyridine rings is 1. The van der Waals surface area contributed by atoms with Gasteiger partial charge < -0.3 is 4.98 Å². The average Bonchev–Trinajstić information content (AvgIpc) is 2.01. The smallest absolute Gasteiger partial charge is 0.218 e. The number of nitriles is 1. The predicted molar refractivity (Wildman–Crippen MR) is 46.3 cm³/mol. The molecule has 0 spiro atoms. The summed E-state index contributed by atoms with van der Waals surface area (Å²) in [4.78, 5) is 14.1. The summed E-state index contributed by atoms with van der Waals surface area (Å²) in [5, 5.41) is 8.68. The van der Waals surface area contributed by atoms with Gasteiger partial charge in [0, 0.05) is 11.4 Å². The molecule has 1 rings (SSSR count). The van der Waals surface area contributed by atoms with Crippen molar-refractivity contribution in [3.05, 3.63) is 32.2 Å². The zero-order valence-corrected chi connectivity index (χ0v) is 7.49. The minimum Gasteiger partial charge on any atom is -0.360 e. The van der Waals surface area contributed by atoms with Crippen LogP contribution in [0, 0.1) is 25.2 Å². The fourth-order valence-corrected chi connectivity index (χ4v) is 1.13. The first kappa shape index (κ1) is 8.82. The van der Waals surface area contributed by atoms with Crippen molar-refractivity contribution in [1.82, 2.24) is 4.98 Å². The molecule has 0 aromatic carbocycles. The predicted octanol–water partition coefficient (Wildman–Crippen LogP) is 1.52. The number of rotatable bonds is 0. The highest BCUT2D eigenvalue weighted by molar-refractivity contribution is 6.31. The Bertz CT molecular complexity index is 414. The average molecular weight is 183 g/mol. The second-order valence-electron chi connectivity index (χ2n) is 2.50. The summed E-state index contributed by atoms with van der Waals surface area (Å²) in [6.45, 7) is 3.36. The second-order valence-corrected chi connectivity index (χ2v) is 2.88. The van der Waals surface area contributed by atoms with Crippen LogP contribution in [0.1, 0.15) is 17.0 Å². The Kier molecular flexibility index (Phi) is 2.20. The van der Waals surface area contributed by atoms with Crippen molar-refractivity contribution in [2.75, 3.05) is 0 Å². The molecular formula is C8H7ClN2O. The highest BCUT2D eigenvalue weighted by Crippen LogP contribution is 2.09. The van der Waals surface area contributed by atoms with Gasteiger partial charge in [-0.3, -0.25) is 4.79 Å². The summed E-state index contributed by atoms with van der Waals surface area (Å²) in [7, 11) is 0. The maximum Gasteiger partial charge on any atom is 0.218 e.